The van der Waals surface area contributed by atoms with E-state index in [0.717, 1.165) is 0 Å². The van der Waals surface area contributed by atoms with Gasteiger partial charge in [-0.15, -0.1) is 0 Å². The predicted molar refractivity (Wildman–Crippen MR) is 77.3 cm³/mol. The van der Waals surface area contributed by atoms with Gasteiger partial charge in [-0.2, -0.15) is 0 Å². The van der Waals surface area contributed by atoms with Gasteiger partial charge < -0.3 is 10.3 Å². The molecule has 2 N–H and O–H groups in total. The highest BCUT2D eigenvalue weighted by Gasteiger charge is 2.13. The van der Waals surface area contributed by atoms with Crippen molar-refractivity contribution in [3.63, 3.8) is 0 Å². The Morgan fingerprint density at radius 2 is 1.90 bits per heavy atom. The maximum absolute atomic E-state index is 13.7. The number of hydrogen-bond acceptors (Lipinski definition) is 2. The van der Waals surface area contributed by atoms with E-state index >= 15 is 0 Å². The summed E-state index contributed by atoms with van der Waals surface area (Å²) in [6, 6.07) is 9.34. The van der Waals surface area contributed by atoms with Crippen LogP contribution in [0.5, 0.6) is 0 Å². The molecule has 0 spiro atoms. The molecule has 6 heteroatoms. The van der Waals surface area contributed by atoms with Crippen LogP contribution in [0, 0.1) is 11.6 Å². The molecule has 0 aliphatic rings. The summed E-state index contributed by atoms with van der Waals surface area (Å²) < 4.78 is 29.2. The first-order valence-electron chi connectivity index (χ1n) is 5.90. The summed E-state index contributed by atoms with van der Waals surface area (Å²) in [4.78, 5) is 4.10. The molecule has 0 radical (unpaired) electrons. The first kappa shape index (κ1) is 13.1. The Labute approximate surface area is 122 Å². The van der Waals surface area contributed by atoms with Crippen LogP contribution >= 0.6 is 15.9 Å². The second-order valence-corrected chi connectivity index (χ2v) is 5.26. The minimum Gasteiger partial charge on any atom is -0.369 e. The van der Waals surface area contributed by atoms with Crippen LogP contribution < -0.4 is 5.73 Å². The minimum absolute atomic E-state index is 0.223. The van der Waals surface area contributed by atoms with Gasteiger partial charge in [0.25, 0.3) is 0 Å². The summed E-state index contributed by atoms with van der Waals surface area (Å²) in [6.45, 7) is 0.243. The van der Waals surface area contributed by atoms with Crippen LogP contribution in [0.15, 0.2) is 40.9 Å². The number of rotatable bonds is 2. The van der Waals surface area contributed by atoms with Gasteiger partial charge in [-0.1, -0.05) is 18.2 Å². The predicted octanol–water partition coefficient (Wildman–Crippen LogP) is 3.71. The standard InChI is InChI=1S/C14H10BrF2N3/c15-9-5-13-12(6-11(9)17)19-14(18)20(13)7-8-3-1-2-4-10(8)16/h1-6H,7H2,(H2,18,19). The molecule has 0 aliphatic carbocycles. The maximum Gasteiger partial charge on any atom is 0.201 e. The zero-order valence-corrected chi connectivity index (χ0v) is 11.9. The lowest BCUT2D eigenvalue weighted by atomic mass is 10.2. The van der Waals surface area contributed by atoms with Crippen LogP contribution in [-0.2, 0) is 6.54 Å². The summed E-state index contributed by atoms with van der Waals surface area (Å²) in [6.07, 6.45) is 0. The molecule has 102 valence electrons. The third-order valence-corrected chi connectivity index (χ3v) is 3.71. The van der Waals surface area contributed by atoms with Crippen LogP contribution in [-0.4, -0.2) is 9.55 Å². The molecule has 20 heavy (non-hydrogen) atoms. The van der Waals surface area contributed by atoms with Gasteiger partial charge in [0.05, 0.1) is 22.1 Å². The molecule has 0 saturated heterocycles. The minimum atomic E-state index is -0.409. The van der Waals surface area contributed by atoms with Crippen LogP contribution in [0.25, 0.3) is 11.0 Å². The molecule has 3 aromatic rings. The van der Waals surface area contributed by atoms with E-state index in [1.165, 1.54) is 12.1 Å². The molecule has 0 saturated carbocycles. The average Bonchev–Trinajstić information content (AvgIpc) is 2.69. The van der Waals surface area contributed by atoms with Crippen molar-refractivity contribution in [2.45, 2.75) is 6.54 Å². The highest BCUT2D eigenvalue weighted by atomic mass is 79.9. The molecule has 0 unspecified atom stereocenters. The van der Waals surface area contributed by atoms with Crippen LogP contribution in [0.2, 0.25) is 0 Å². The van der Waals surface area contributed by atoms with Crippen LogP contribution in [0.1, 0.15) is 5.56 Å². The number of nitrogens with zero attached hydrogens (tertiary/aromatic N) is 2. The van der Waals surface area contributed by atoms with Crippen molar-refractivity contribution in [1.29, 1.82) is 0 Å². The average molecular weight is 338 g/mol. The third kappa shape index (κ3) is 2.16. The van der Waals surface area contributed by atoms with E-state index < -0.39 is 5.82 Å². The van der Waals surface area contributed by atoms with Crippen molar-refractivity contribution < 1.29 is 8.78 Å². The van der Waals surface area contributed by atoms with Gasteiger partial charge in [-0.25, -0.2) is 13.8 Å². The van der Waals surface area contributed by atoms with E-state index in [0.29, 0.717) is 21.1 Å². The molecule has 3 rings (SSSR count). The lowest BCUT2D eigenvalue weighted by Crippen LogP contribution is -2.06. The number of imidazole rings is 1. The highest BCUT2D eigenvalue weighted by molar-refractivity contribution is 9.10. The summed E-state index contributed by atoms with van der Waals surface area (Å²) in [5.41, 5.74) is 7.44. The first-order chi connectivity index (χ1) is 9.56. The topological polar surface area (TPSA) is 43.8 Å². The molecule has 1 heterocycles. The molecule has 3 nitrogen and oxygen atoms in total. The lowest BCUT2D eigenvalue weighted by molar-refractivity contribution is 0.602. The molecule has 0 atom stereocenters. The number of halogens is 3. The van der Waals surface area contributed by atoms with Crippen LogP contribution in [0.4, 0.5) is 14.7 Å². The fourth-order valence-electron chi connectivity index (χ4n) is 2.10. The summed E-state index contributed by atoms with van der Waals surface area (Å²) in [7, 11) is 0. The Hall–Kier alpha value is -1.95. The van der Waals surface area contributed by atoms with Crippen molar-refractivity contribution in [2.24, 2.45) is 0 Å². The molecule has 0 bridgehead atoms. The number of nitrogen functional groups attached to an aromatic ring is 1. The fraction of sp³-hybridized carbons (Fsp3) is 0.0714. The first-order valence-corrected chi connectivity index (χ1v) is 6.69. The van der Waals surface area contributed by atoms with Gasteiger partial charge in [0.15, 0.2) is 0 Å². The van der Waals surface area contributed by atoms with Gasteiger partial charge in [0.2, 0.25) is 5.95 Å². The van der Waals surface area contributed by atoms with E-state index in [4.69, 9.17) is 5.73 Å². The van der Waals surface area contributed by atoms with Crippen molar-refractivity contribution in [1.82, 2.24) is 9.55 Å². The number of fused-ring (bicyclic) bond motifs is 1. The van der Waals surface area contributed by atoms with Crippen LogP contribution in [0.3, 0.4) is 0 Å². The fourth-order valence-corrected chi connectivity index (χ4v) is 2.43. The number of benzene rings is 2. The molecule has 0 aliphatic heterocycles. The molecular weight excluding hydrogens is 328 g/mol. The van der Waals surface area contributed by atoms with E-state index in [1.54, 1.807) is 28.8 Å². The highest BCUT2D eigenvalue weighted by Crippen LogP contribution is 2.26. The Morgan fingerprint density at radius 1 is 1.15 bits per heavy atom. The quantitative estimate of drug-likeness (QED) is 0.774. The Kier molecular flexibility index (Phi) is 3.17. The number of anilines is 1. The normalized spacial score (nSPS) is 11.2. The van der Waals surface area contributed by atoms with Crippen molar-refractivity contribution >= 4 is 32.9 Å². The zero-order chi connectivity index (χ0) is 14.3. The number of nitrogens with two attached hydrogens (primary N) is 1. The Bertz CT molecular complexity index is 798. The van der Waals surface area contributed by atoms with E-state index in [2.05, 4.69) is 20.9 Å². The molecule has 0 amide bonds. The molecule has 1 aromatic heterocycles. The molecular formula is C14H10BrF2N3. The summed E-state index contributed by atoms with van der Waals surface area (Å²) in [5.74, 6) is -0.497. The second kappa shape index (κ2) is 4.86. The van der Waals surface area contributed by atoms with Crippen molar-refractivity contribution in [2.75, 3.05) is 5.73 Å². The smallest absolute Gasteiger partial charge is 0.201 e. The van der Waals surface area contributed by atoms with Gasteiger partial charge in [0.1, 0.15) is 11.6 Å². The van der Waals surface area contributed by atoms with Gasteiger partial charge in [-0.3, -0.25) is 0 Å². The van der Waals surface area contributed by atoms with E-state index in [1.807, 2.05) is 0 Å². The van der Waals surface area contributed by atoms with Crippen molar-refractivity contribution in [3.8, 4) is 0 Å². The van der Waals surface area contributed by atoms with Gasteiger partial charge in [-0.05, 0) is 28.1 Å². The molecule has 2 aromatic carbocycles. The summed E-state index contributed by atoms with van der Waals surface area (Å²) >= 11 is 3.13. The second-order valence-electron chi connectivity index (χ2n) is 4.40. The van der Waals surface area contributed by atoms with Crippen molar-refractivity contribution in [3.05, 3.63) is 58.1 Å². The number of hydrogen-bond donors (Lipinski definition) is 1. The Morgan fingerprint density at radius 3 is 2.65 bits per heavy atom. The molecule has 0 fully saturated rings. The maximum atomic E-state index is 13.7. The summed E-state index contributed by atoms with van der Waals surface area (Å²) in [5, 5.41) is 0. The lowest BCUT2D eigenvalue weighted by Gasteiger charge is -2.08. The zero-order valence-electron chi connectivity index (χ0n) is 10.3. The SMILES string of the molecule is Nc1nc2cc(F)c(Br)cc2n1Cc1ccccc1F. The third-order valence-electron chi connectivity index (χ3n) is 3.11. The van der Waals surface area contributed by atoms with E-state index in [9.17, 15) is 8.78 Å². The monoisotopic (exact) mass is 337 g/mol. The van der Waals surface area contributed by atoms with Gasteiger partial charge in [0, 0.05) is 11.6 Å². The van der Waals surface area contributed by atoms with Gasteiger partial charge >= 0.3 is 0 Å². The van der Waals surface area contributed by atoms with E-state index in [-0.39, 0.29) is 18.3 Å². The Balaban J connectivity index is 2.14. The number of aromatic nitrogens is 2. The largest absolute Gasteiger partial charge is 0.369 e.